The van der Waals surface area contributed by atoms with Crippen LogP contribution >= 0.6 is 0 Å². The molecule has 7 rings (SSSR count). The topological polar surface area (TPSA) is 52.7 Å². The second-order valence-corrected chi connectivity index (χ2v) is 12.4. The van der Waals surface area contributed by atoms with Gasteiger partial charge in [-0.1, -0.05) is 97.1 Å². The molecule has 0 aliphatic carbocycles. The van der Waals surface area contributed by atoms with Crippen molar-refractivity contribution in [2.45, 2.75) is 25.8 Å². The van der Waals surface area contributed by atoms with Crippen molar-refractivity contribution in [2.75, 3.05) is 29.9 Å². The molecule has 2 aliphatic rings. The number of amides is 2. The van der Waals surface area contributed by atoms with Crippen molar-refractivity contribution < 1.29 is 9.59 Å². The number of para-hydroxylation sites is 1. The Hall–Kier alpha value is -5.00. The van der Waals surface area contributed by atoms with Gasteiger partial charge in [-0.05, 0) is 89.9 Å². The second-order valence-electron chi connectivity index (χ2n) is 12.4. The quantitative estimate of drug-likeness (QED) is 0.217. The maximum atomic E-state index is 14.0. The number of fused-ring (bicyclic) bond motifs is 1. The van der Waals surface area contributed by atoms with Gasteiger partial charge < -0.3 is 10.2 Å². The number of anilines is 2. The van der Waals surface area contributed by atoms with Crippen LogP contribution in [0.25, 0.3) is 11.1 Å². The zero-order valence-electron chi connectivity index (χ0n) is 25.4. The molecule has 0 bridgehead atoms. The maximum absolute atomic E-state index is 14.0. The van der Waals surface area contributed by atoms with E-state index in [-0.39, 0.29) is 17.2 Å². The lowest BCUT2D eigenvalue weighted by Crippen LogP contribution is -2.34. The van der Waals surface area contributed by atoms with E-state index in [9.17, 15) is 9.59 Å². The van der Waals surface area contributed by atoms with Gasteiger partial charge in [-0.2, -0.15) is 0 Å². The average Bonchev–Trinajstić information content (AvgIpc) is 3.39. The van der Waals surface area contributed by atoms with Crippen LogP contribution in [-0.4, -0.2) is 36.3 Å². The van der Waals surface area contributed by atoms with Gasteiger partial charge in [0.15, 0.2) is 0 Å². The van der Waals surface area contributed by atoms with E-state index in [1.54, 1.807) is 0 Å². The smallest absolute Gasteiger partial charge is 0.258 e. The lowest BCUT2D eigenvalue weighted by molar-refractivity contribution is 0.0983. The summed E-state index contributed by atoms with van der Waals surface area (Å²) in [5.74, 6) is -0.191. The molecule has 2 heterocycles. The summed E-state index contributed by atoms with van der Waals surface area (Å²) in [6.07, 6.45) is 3.08. The molecule has 45 heavy (non-hydrogen) atoms. The van der Waals surface area contributed by atoms with Crippen molar-refractivity contribution in [3.8, 4) is 11.1 Å². The van der Waals surface area contributed by atoms with Gasteiger partial charge in [0.25, 0.3) is 11.8 Å². The van der Waals surface area contributed by atoms with Gasteiger partial charge in [-0.25, -0.2) is 0 Å². The van der Waals surface area contributed by atoms with Crippen LogP contribution in [0.4, 0.5) is 11.4 Å². The zero-order valence-corrected chi connectivity index (χ0v) is 25.4. The van der Waals surface area contributed by atoms with Crippen molar-refractivity contribution in [1.29, 1.82) is 0 Å². The van der Waals surface area contributed by atoms with E-state index < -0.39 is 0 Å². The van der Waals surface area contributed by atoms with Crippen LogP contribution in [0.3, 0.4) is 0 Å². The predicted molar refractivity (Wildman–Crippen MR) is 181 cm³/mol. The predicted octanol–water partition coefficient (Wildman–Crippen LogP) is 8.09. The lowest BCUT2D eigenvalue weighted by atomic mass is 9.78. The minimum atomic E-state index is -0.182. The number of likely N-dealkylation sites (tertiary alicyclic amines) is 1. The Labute approximate surface area is 265 Å². The first-order chi connectivity index (χ1) is 22.1. The highest BCUT2D eigenvalue weighted by molar-refractivity contribution is 6.09. The van der Waals surface area contributed by atoms with E-state index in [0.29, 0.717) is 23.4 Å². The molecule has 0 aromatic heterocycles. The van der Waals surface area contributed by atoms with Crippen LogP contribution in [0, 0.1) is 5.41 Å². The van der Waals surface area contributed by atoms with Crippen LogP contribution in [0.5, 0.6) is 0 Å². The fraction of sp³-hybridized carbons (Fsp3) is 0.200. The molecule has 1 spiro atoms. The first-order valence-corrected chi connectivity index (χ1v) is 15.8. The average molecular weight is 592 g/mol. The third-order valence-electron chi connectivity index (χ3n) is 9.37. The Morgan fingerprint density at radius 3 is 2.16 bits per heavy atom. The van der Waals surface area contributed by atoms with E-state index in [1.165, 1.54) is 11.1 Å². The summed E-state index contributed by atoms with van der Waals surface area (Å²) in [5.41, 5.74) is 7.50. The normalized spacial score (nSPS) is 17.9. The molecule has 5 aromatic carbocycles. The summed E-state index contributed by atoms with van der Waals surface area (Å²) in [4.78, 5) is 31.9. The Balaban J connectivity index is 1.06. The Kier molecular flexibility index (Phi) is 8.02. The number of rotatable bonds is 6. The summed E-state index contributed by atoms with van der Waals surface area (Å²) in [5, 5.41) is 3.03. The SMILES string of the molecule is O=C(Nc1ccc(C(=O)N2CCC3(CCN(Cc4ccccc4)C3)Cc3ccccc32)cc1)c1ccccc1-c1ccccc1. The van der Waals surface area contributed by atoms with Gasteiger partial charge in [0.05, 0.1) is 0 Å². The number of carbonyl (C=O) groups is 2. The first kappa shape index (κ1) is 28.8. The number of hydrogen-bond donors (Lipinski definition) is 1. The summed E-state index contributed by atoms with van der Waals surface area (Å²) < 4.78 is 0. The Morgan fingerprint density at radius 1 is 0.689 bits per heavy atom. The zero-order chi connectivity index (χ0) is 30.6. The highest BCUT2D eigenvalue weighted by Gasteiger charge is 2.41. The molecule has 1 fully saturated rings. The fourth-order valence-electron chi connectivity index (χ4n) is 7.05. The van der Waals surface area contributed by atoms with Crippen LogP contribution in [0.1, 0.15) is 44.7 Å². The van der Waals surface area contributed by atoms with Gasteiger partial charge in [-0.15, -0.1) is 0 Å². The molecule has 0 radical (unpaired) electrons. The van der Waals surface area contributed by atoms with Gasteiger partial charge in [0.2, 0.25) is 0 Å². The second kappa shape index (κ2) is 12.5. The Morgan fingerprint density at radius 2 is 1.36 bits per heavy atom. The highest BCUT2D eigenvalue weighted by Crippen LogP contribution is 2.43. The summed E-state index contributed by atoms with van der Waals surface area (Å²) in [6, 6.07) is 43.9. The lowest BCUT2D eigenvalue weighted by Gasteiger charge is -2.28. The van der Waals surface area contributed by atoms with Crippen LogP contribution < -0.4 is 10.2 Å². The van der Waals surface area contributed by atoms with E-state index >= 15 is 0 Å². The molecular formula is C40H37N3O2. The molecule has 224 valence electrons. The van der Waals surface area contributed by atoms with E-state index in [2.05, 4.69) is 58.7 Å². The first-order valence-electron chi connectivity index (χ1n) is 15.8. The van der Waals surface area contributed by atoms with E-state index in [1.807, 2.05) is 89.8 Å². The molecule has 5 heteroatoms. The summed E-state index contributed by atoms with van der Waals surface area (Å²) in [7, 11) is 0. The monoisotopic (exact) mass is 591 g/mol. The van der Waals surface area contributed by atoms with Crippen molar-refractivity contribution in [3.05, 3.63) is 156 Å². The van der Waals surface area contributed by atoms with Gasteiger partial charge >= 0.3 is 0 Å². The number of nitrogens with one attached hydrogen (secondary N) is 1. The van der Waals surface area contributed by atoms with E-state index in [4.69, 9.17) is 0 Å². The third kappa shape index (κ3) is 6.17. The molecule has 1 N–H and O–H groups in total. The number of carbonyl (C=O) groups excluding carboxylic acids is 2. The van der Waals surface area contributed by atoms with Crippen molar-refractivity contribution in [3.63, 3.8) is 0 Å². The highest BCUT2D eigenvalue weighted by atomic mass is 16.2. The minimum absolute atomic E-state index is 0.00839. The number of benzene rings is 5. The molecular weight excluding hydrogens is 554 g/mol. The molecule has 1 atom stereocenters. The van der Waals surface area contributed by atoms with Crippen LogP contribution in [0.15, 0.2) is 133 Å². The summed E-state index contributed by atoms with van der Waals surface area (Å²) in [6.45, 7) is 3.77. The van der Waals surface area contributed by atoms with Crippen LogP contribution in [0.2, 0.25) is 0 Å². The molecule has 1 saturated heterocycles. The largest absolute Gasteiger partial charge is 0.322 e. The van der Waals surface area contributed by atoms with Crippen molar-refractivity contribution >= 4 is 23.2 Å². The van der Waals surface area contributed by atoms with Gasteiger partial charge in [-0.3, -0.25) is 14.5 Å². The number of hydrogen-bond acceptors (Lipinski definition) is 3. The van der Waals surface area contributed by atoms with Gasteiger partial charge in [0, 0.05) is 42.1 Å². The molecule has 1 unspecified atom stereocenters. The van der Waals surface area contributed by atoms with Gasteiger partial charge in [0.1, 0.15) is 0 Å². The van der Waals surface area contributed by atoms with Crippen molar-refractivity contribution in [1.82, 2.24) is 4.90 Å². The van der Waals surface area contributed by atoms with Crippen molar-refractivity contribution in [2.24, 2.45) is 5.41 Å². The third-order valence-corrected chi connectivity index (χ3v) is 9.37. The minimum Gasteiger partial charge on any atom is -0.322 e. The van der Waals surface area contributed by atoms with Crippen LogP contribution in [-0.2, 0) is 13.0 Å². The standard InChI is InChI=1S/C40H37N3O2/c44-38(36-17-9-8-16-35(36)31-13-5-2-6-14-31)41-34-21-19-32(20-22-34)39(45)43-26-24-40(27-33-15-7-10-18-37(33)43)23-25-42(29-40)28-30-11-3-1-4-12-30/h1-22H,23-29H2,(H,41,44). The molecule has 2 amide bonds. The molecule has 2 aliphatic heterocycles. The summed E-state index contributed by atoms with van der Waals surface area (Å²) >= 11 is 0. The molecule has 0 saturated carbocycles. The molecule has 5 aromatic rings. The maximum Gasteiger partial charge on any atom is 0.258 e. The Bertz CT molecular complexity index is 1800. The number of nitrogens with zero attached hydrogens (tertiary/aromatic N) is 2. The molecule has 5 nitrogen and oxygen atoms in total. The van der Waals surface area contributed by atoms with E-state index in [0.717, 1.165) is 55.7 Å². The fourth-order valence-corrected chi connectivity index (χ4v) is 7.05.